The Morgan fingerprint density at radius 2 is 0.622 bits per heavy atom. The second-order valence-electron chi connectivity index (χ2n) is 12.8. The summed E-state index contributed by atoms with van der Waals surface area (Å²) in [6.45, 7) is 24.7. The molecule has 0 spiro atoms. The van der Waals surface area contributed by atoms with Gasteiger partial charge in [-0.3, -0.25) is 0 Å². The lowest BCUT2D eigenvalue weighted by Gasteiger charge is -2.37. The van der Waals surface area contributed by atoms with Crippen molar-refractivity contribution in [2.45, 2.75) is 156 Å². The van der Waals surface area contributed by atoms with Crippen molar-refractivity contribution in [1.29, 1.82) is 0 Å². The first-order valence-corrected chi connectivity index (χ1v) is 29.9. The van der Waals surface area contributed by atoms with E-state index in [1.807, 2.05) is 52.4 Å². The summed E-state index contributed by atoms with van der Waals surface area (Å²) in [4.78, 5) is 0. The lowest BCUT2D eigenvalue weighted by molar-refractivity contribution is 0.235. The lowest BCUT2D eigenvalue weighted by atomic mass is 10.4. The molecule has 0 saturated heterocycles. The Morgan fingerprint density at radius 3 is 0.784 bits per heavy atom. The van der Waals surface area contributed by atoms with Crippen LogP contribution in [-0.2, 0) is 30.3 Å². The summed E-state index contributed by atoms with van der Waals surface area (Å²) in [5.41, 5.74) is 0. The summed E-state index contributed by atoms with van der Waals surface area (Å²) >= 11 is 0. The molecule has 224 valence electrons. The molecule has 0 aromatic heterocycles. The smallest absolute Gasteiger partial charge is 0.330 e. The van der Waals surface area contributed by atoms with E-state index in [0.717, 1.165) is 75.5 Å². The van der Waals surface area contributed by atoms with Gasteiger partial charge in [-0.1, -0.05) is 79.1 Å². The van der Waals surface area contributed by atoms with E-state index < -0.39 is 48.9 Å². The molecule has 0 aromatic rings. The molecule has 0 heterocycles. The molecular formula is C24H60O7P2Si4. The van der Waals surface area contributed by atoms with Crippen molar-refractivity contribution >= 4 is 48.9 Å². The molecule has 0 fully saturated rings. The van der Waals surface area contributed by atoms with E-state index in [1.54, 1.807) is 0 Å². The molecule has 0 N–H and O–H groups in total. The van der Waals surface area contributed by atoms with Crippen LogP contribution < -0.4 is 0 Å². The van der Waals surface area contributed by atoms with Crippen LogP contribution in [0.1, 0.15) is 79.1 Å². The van der Waals surface area contributed by atoms with E-state index >= 15 is 0 Å². The molecule has 0 atom stereocenters. The first-order valence-electron chi connectivity index (χ1n) is 14.5. The zero-order valence-corrected chi connectivity index (χ0v) is 32.0. The fourth-order valence-corrected chi connectivity index (χ4v) is 23.7. The summed E-state index contributed by atoms with van der Waals surface area (Å²) in [6, 6.07) is 3.26. The average molecular weight is 635 g/mol. The van der Waals surface area contributed by atoms with Crippen LogP contribution >= 0.6 is 15.6 Å². The Hall–Kier alpha value is 1.13. The topological polar surface area (TPSA) is 80.3 Å². The van der Waals surface area contributed by atoms with Gasteiger partial charge < -0.3 is 16.9 Å². The van der Waals surface area contributed by atoms with E-state index in [1.165, 1.54) is 0 Å². The number of rotatable bonds is 22. The number of phosphoric acid groups is 2. The minimum Gasteiger partial charge on any atom is -0.330 e. The van der Waals surface area contributed by atoms with Gasteiger partial charge in [0.2, 0.25) is 33.3 Å². The monoisotopic (exact) mass is 634 g/mol. The Kier molecular flexibility index (Phi) is 17.0. The predicted octanol–water partition coefficient (Wildman–Crippen LogP) is 11.3. The molecule has 0 bridgehead atoms. The highest BCUT2D eigenvalue weighted by atomic mass is 31.3. The summed E-state index contributed by atoms with van der Waals surface area (Å²) < 4.78 is 60.3. The fourth-order valence-electron chi connectivity index (χ4n) is 4.03. The standard InChI is InChI=1S/C24H60O7P2Si4/c1-13-17-21-34(5,6)28-32(25,29-35(7,8)22-18-14-2)27-33(26,30-36(9,10)23-19-15-3)31-37(11,12)24-20-16-4/h13-24H2,1-12H3. The summed E-state index contributed by atoms with van der Waals surface area (Å²) in [5, 5.41) is 0. The van der Waals surface area contributed by atoms with Crippen LogP contribution in [0.3, 0.4) is 0 Å². The van der Waals surface area contributed by atoms with Gasteiger partial charge in [0.1, 0.15) is 0 Å². The molecule has 13 heteroatoms. The van der Waals surface area contributed by atoms with Gasteiger partial charge in [0, 0.05) is 0 Å². The summed E-state index contributed by atoms with van der Waals surface area (Å²) in [7, 11) is -18.3. The molecular weight excluding hydrogens is 575 g/mol. The van der Waals surface area contributed by atoms with Gasteiger partial charge in [0.25, 0.3) is 0 Å². The SMILES string of the molecule is CCCC[Si](C)(C)OP(=O)(O[Si](C)(C)CCCC)OP(=O)(O[Si](C)(C)CCCC)O[Si](C)(C)CCCC. The molecule has 0 aliphatic rings. The Labute approximate surface area is 234 Å². The zero-order chi connectivity index (χ0) is 29.0. The Balaban J connectivity index is 6.43. The summed E-state index contributed by atoms with van der Waals surface area (Å²) in [6.07, 6.45) is 7.93. The van der Waals surface area contributed by atoms with Crippen molar-refractivity contribution in [3.05, 3.63) is 0 Å². The number of hydrogen-bond acceptors (Lipinski definition) is 7. The van der Waals surface area contributed by atoms with Gasteiger partial charge in [-0.05, 0) is 76.6 Å². The maximum atomic E-state index is 14.5. The third kappa shape index (κ3) is 17.5. The minimum absolute atomic E-state index is 0.816. The maximum Gasteiger partial charge on any atom is 0.464 e. The van der Waals surface area contributed by atoms with Gasteiger partial charge >= 0.3 is 15.6 Å². The van der Waals surface area contributed by atoms with Crippen molar-refractivity contribution in [3.8, 4) is 0 Å². The number of hydrogen-bond donors (Lipinski definition) is 0. The molecule has 37 heavy (non-hydrogen) atoms. The third-order valence-electron chi connectivity index (χ3n) is 6.17. The number of unbranched alkanes of at least 4 members (excludes halogenated alkanes) is 4. The van der Waals surface area contributed by atoms with Crippen molar-refractivity contribution in [2.24, 2.45) is 0 Å². The van der Waals surface area contributed by atoms with E-state index in [2.05, 4.69) is 27.7 Å². The molecule has 0 radical (unpaired) electrons. The lowest BCUT2D eigenvalue weighted by Crippen LogP contribution is -2.37. The van der Waals surface area contributed by atoms with Gasteiger partial charge in [0.05, 0.1) is 0 Å². The van der Waals surface area contributed by atoms with Crippen molar-refractivity contribution in [2.75, 3.05) is 0 Å². The summed E-state index contributed by atoms with van der Waals surface area (Å²) in [5.74, 6) is 0. The normalized spacial score (nSPS) is 14.4. The van der Waals surface area contributed by atoms with Crippen LogP contribution in [0.2, 0.25) is 76.6 Å². The minimum atomic E-state index is -4.23. The van der Waals surface area contributed by atoms with Crippen molar-refractivity contribution < 1.29 is 30.3 Å². The average Bonchev–Trinajstić information content (AvgIpc) is 2.71. The largest absolute Gasteiger partial charge is 0.464 e. The first-order chi connectivity index (χ1) is 16.8. The quantitative estimate of drug-likeness (QED) is 0.0865. The van der Waals surface area contributed by atoms with Crippen LogP contribution in [0.5, 0.6) is 0 Å². The van der Waals surface area contributed by atoms with E-state index in [9.17, 15) is 9.13 Å². The predicted molar refractivity (Wildman–Crippen MR) is 169 cm³/mol. The molecule has 0 saturated carbocycles. The second-order valence-corrected chi connectivity index (χ2v) is 34.2. The van der Waals surface area contributed by atoms with Crippen molar-refractivity contribution in [3.63, 3.8) is 0 Å². The zero-order valence-electron chi connectivity index (χ0n) is 26.2. The van der Waals surface area contributed by atoms with Gasteiger partial charge in [-0.15, -0.1) is 0 Å². The molecule has 0 aliphatic heterocycles. The highest BCUT2D eigenvalue weighted by Crippen LogP contribution is 2.70. The third-order valence-corrected chi connectivity index (χ3v) is 25.5. The molecule has 0 unspecified atom stereocenters. The van der Waals surface area contributed by atoms with Crippen LogP contribution in [0, 0.1) is 0 Å². The van der Waals surface area contributed by atoms with Crippen LogP contribution in [-0.4, -0.2) is 33.3 Å². The second kappa shape index (κ2) is 16.5. The maximum absolute atomic E-state index is 14.5. The molecule has 0 aromatic carbocycles. The molecule has 0 rings (SSSR count). The van der Waals surface area contributed by atoms with Gasteiger partial charge in [-0.25, -0.2) is 9.13 Å². The van der Waals surface area contributed by atoms with Crippen LogP contribution in [0.25, 0.3) is 0 Å². The molecule has 0 aliphatic carbocycles. The fraction of sp³-hybridized carbons (Fsp3) is 1.00. The van der Waals surface area contributed by atoms with Crippen LogP contribution in [0.15, 0.2) is 0 Å². The van der Waals surface area contributed by atoms with Gasteiger partial charge in [0.15, 0.2) is 0 Å². The van der Waals surface area contributed by atoms with Gasteiger partial charge in [-0.2, -0.15) is 4.31 Å². The van der Waals surface area contributed by atoms with E-state index in [0.29, 0.717) is 0 Å². The van der Waals surface area contributed by atoms with E-state index in [-0.39, 0.29) is 0 Å². The Morgan fingerprint density at radius 1 is 0.432 bits per heavy atom. The molecule has 0 amide bonds. The highest BCUT2D eigenvalue weighted by Gasteiger charge is 2.51. The Bertz CT molecular complexity index is 637. The van der Waals surface area contributed by atoms with Crippen molar-refractivity contribution in [1.82, 2.24) is 0 Å². The van der Waals surface area contributed by atoms with Crippen LogP contribution in [0.4, 0.5) is 0 Å². The highest BCUT2D eigenvalue weighted by molar-refractivity contribution is 7.65. The van der Waals surface area contributed by atoms with E-state index in [4.69, 9.17) is 21.2 Å². The molecule has 7 nitrogen and oxygen atoms in total. The first kappa shape index (κ1) is 38.1.